The van der Waals surface area contributed by atoms with Gasteiger partial charge in [-0.2, -0.15) is 0 Å². The van der Waals surface area contributed by atoms with Crippen molar-refractivity contribution in [1.29, 1.82) is 0 Å². The van der Waals surface area contributed by atoms with Crippen molar-refractivity contribution in [3.05, 3.63) is 0 Å². The van der Waals surface area contributed by atoms with Crippen molar-refractivity contribution >= 4 is 8.24 Å². The molecule has 0 spiro atoms. The van der Waals surface area contributed by atoms with Crippen molar-refractivity contribution in [3.63, 3.8) is 0 Å². The van der Waals surface area contributed by atoms with E-state index in [-0.39, 0.29) is 0 Å². The van der Waals surface area contributed by atoms with Crippen LogP contribution in [-0.2, 0) is 0 Å². The minimum atomic E-state index is -1.03. The molecule has 0 aromatic rings. The first-order valence-electron chi connectivity index (χ1n) is 5.95. The molecule has 0 aliphatic heterocycles. The predicted octanol–water partition coefficient (Wildman–Crippen LogP) is 3.72. The van der Waals surface area contributed by atoms with Crippen LogP contribution in [0.3, 0.4) is 0 Å². The second-order valence-corrected chi connectivity index (χ2v) is 9.07. The zero-order chi connectivity index (χ0) is 10.3. The second kappa shape index (κ2) is 6.60. The fraction of sp³-hybridized carbons (Fsp3) is 1.00. The number of hydrogen-bond donors (Lipinski definition) is 0. The van der Waals surface area contributed by atoms with Gasteiger partial charge >= 0.3 is 0 Å². The molecule has 0 radical (unpaired) electrons. The average molecular weight is 201 g/mol. The van der Waals surface area contributed by atoms with Gasteiger partial charge in [0.15, 0.2) is 0 Å². The van der Waals surface area contributed by atoms with E-state index in [1.165, 1.54) is 37.6 Å². The summed E-state index contributed by atoms with van der Waals surface area (Å²) >= 11 is 0. The first-order chi connectivity index (χ1) is 6.20. The third-order valence-electron chi connectivity index (χ3n) is 3.52. The largest absolute Gasteiger partial charge is 0.324 e. The number of nitrogens with zero attached hydrogens (tertiary/aromatic N) is 1. The molecule has 80 valence electrons. The zero-order valence-corrected chi connectivity index (χ0v) is 11.2. The molecule has 0 unspecified atom stereocenters. The van der Waals surface area contributed by atoms with Gasteiger partial charge in [0.1, 0.15) is 8.24 Å². The molecule has 0 saturated heterocycles. The molecule has 0 atom stereocenters. The molecular weight excluding hydrogens is 174 g/mol. The zero-order valence-electron chi connectivity index (χ0n) is 10.2. The topological polar surface area (TPSA) is 3.24 Å². The maximum absolute atomic E-state index is 2.80. The summed E-state index contributed by atoms with van der Waals surface area (Å²) < 4.78 is 2.80. The van der Waals surface area contributed by atoms with E-state index in [4.69, 9.17) is 0 Å². The summed E-state index contributed by atoms with van der Waals surface area (Å²) in [6, 6.07) is 4.27. The van der Waals surface area contributed by atoms with Gasteiger partial charge in [-0.05, 0) is 37.6 Å². The van der Waals surface area contributed by atoms with Gasteiger partial charge in [-0.1, -0.05) is 34.6 Å². The maximum atomic E-state index is 2.80. The Bertz CT molecular complexity index is 113. The molecule has 0 fully saturated rings. The minimum Gasteiger partial charge on any atom is -0.324 e. The summed E-state index contributed by atoms with van der Waals surface area (Å²) in [5.41, 5.74) is 0. The molecule has 0 heterocycles. The van der Waals surface area contributed by atoms with Crippen LogP contribution in [0.15, 0.2) is 0 Å². The molecule has 0 aliphatic rings. The van der Waals surface area contributed by atoms with Gasteiger partial charge < -0.3 is 4.57 Å². The highest BCUT2D eigenvalue weighted by atomic mass is 28.3. The van der Waals surface area contributed by atoms with E-state index in [1.54, 1.807) is 0 Å². The van der Waals surface area contributed by atoms with E-state index in [0.29, 0.717) is 0 Å². The molecule has 0 aromatic carbocycles. The highest BCUT2D eigenvalue weighted by Crippen LogP contribution is 2.24. The van der Waals surface area contributed by atoms with Crippen LogP contribution >= 0.6 is 0 Å². The molecular formula is C11H27NSi. The van der Waals surface area contributed by atoms with E-state index in [1.807, 2.05) is 0 Å². The first kappa shape index (κ1) is 13.2. The highest BCUT2D eigenvalue weighted by Gasteiger charge is 2.32. The van der Waals surface area contributed by atoms with Crippen molar-refractivity contribution in [2.45, 2.75) is 59.2 Å². The maximum Gasteiger partial charge on any atom is 0.127 e. The lowest BCUT2D eigenvalue weighted by Gasteiger charge is -2.40. The summed E-state index contributed by atoms with van der Waals surface area (Å²) in [7, 11) is -1.03. The Hall–Kier alpha value is 0.177. The smallest absolute Gasteiger partial charge is 0.127 e. The molecule has 0 bridgehead atoms. The van der Waals surface area contributed by atoms with Crippen LogP contribution in [-0.4, -0.2) is 25.9 Å². The van der Waals surface area contributed by atoms with Crippen molar-refractivity contribution in [1.82, 2.24) is 4.57 Å². The lowest BCUT2D eigenvalue weighted by Crippen LogP contribution is -2.52. The number of hydrogen-bond acceptors (Lipinski definition) is 1. The average Bonchev–Trinajstić information content (AvgIpc) is 2.19. The van der Waals surface area contributed by atoms with Crippen LogP contribution in [0.5, 0.6) is 0 Å². The summed E-state index contributed by atoms with van der Waals surface area (Å²) in [6.45, 7) is 14.3. The monoisotopic (exact) mass is 201 g/mol. The van der Waals surface area contributed by atoms with Crippen LogP contribution in [0.4, 0.5) is 0 Å². The van der Waals surface area contributed by atoms with Gasteiger partial charge in [0, 0.05) is 0 Å². The fourth-order valence-corrected chi connectivity index (χ4v) is 6.63. The van der Waals surface area contributed by atoms with Crippen molar-refractivity contribution < 1.29 is 0 Å². The normalized spacial score (nSPS) is 12.5. The Morgan fingerprint density at radius 1 is 0.846 bits per heavy atom. The van der Waals surface area contributed by atoms with Crippen molar-refractivity contribution in [3.8, 4) is 0 Å². The molecule has 2 heteroatoms. The fourth-order valence-electron chi connectivity index (χ4n) is 2.42. The minimum absolute atomic E-state index is 1.03. The van der Waals surface area contributed by atoms with Gasteiger partial charge in [0.05, 0.1) is 0 Å². The molecule has 0 N–H and O–H groups in total. The van der Waals surface area contributed by atoms with Gasteiger partial charge in [0.2, 0.25) is 0 Å². The van der Waals surface area contributed by atoms with Crippen molar-refractivity contribution in [2.24, 2.45) is 0 Å². The Balaban J connectivity index is 4.45. The SMILES string of the molecule is CCCN(CC)[Si](CC)(CC)CC. The van der Waals surface area contributed by atoms with Crippen LogP contribution in [0, 0.1) is 0 Å². The third-order valence-corrected chi connectivity index (χ3v) is 9.35. The van der Waals surface area contributed by atoms with Crippen LogP contribution < -0.4 is 0 Å². The molecule has 0 aliphatic carbocycles. The molecule has 0 amide bonds. The van der Waals surface area contributed by atoms with E-state index in [2.05, 4.69) is 39.2 Å². The van der Waals surface area contributed by atoms with E-state index in [9.17, 15) is 0 Å². The Labute approximate surface area is 85.6 Å². The molecule has 0 rings (SSSR count). The molecule has 13 heavy (non-hydrogen) atoms. The quantitative estimate of drug-likeness (QED) is 0.567. The van der Waals surface area contributed by atoms with Crippen LogP contribution in [0.1, 0.15) is 41.0 Å². The lowest BCUT2D eigenvalue weighted by atomic mass is 10.5. The molecule has 0 aromatic heterocycles. The molecule has 0 saturated carbocycles. The molecule has 1 nitrogen and oxygen atoms in total. The van der Waals surface area contributed by atoms with Crippen molar-refractivity contribution in [2.75, 3.05) is 13.1 Å². The summed E-state index contributed by atoms with van der Waals surface area (Å²) in [4.78, 5) is 0. The second-order valence-electron chi connectivity index (χ2n) is 3.86. The summed E-state index contributed by atoms with van der Waals surface area (Å²) in [5, 5.41) is 0. The van der Waals surface area contributed by atoms with Gasteiger partial charge in [0.25, 0.3) is 0 Å². The van der Waals surface area contributed by atoms with Gasteiger partial charge in [-0.25, -0.2) is 0 Å². The summed E-state index contributed by atoms with van der Waals surface area (Å²) in [6.07, 6.45) is 1.31. The Morgan fingerprint density at radius 2 is 1.31 bits per heavy atom. The van der Waals surface area contributed by atoms with Gasteiger partial charge in [-0.3, -0.25) is 0 Å². The van der Waals surface area contributed by atoms with Crippen LogP contribution in [0.25, 0.3) is 0 Å². The lowest BCUT2D eigenvalue weighted by molar-refractivity contribution is 0.431. The Kier molecular flexibility index (Phi) is 6.69. The first-order valence-corrected chi connectivity index (χ1v) is 8.52. The van der Waals surface area contributed by atoms with E-state index in [0.717, 1.165) is 0 Å². The van der Waals surface area contributed by atoms with Crippen LogP contribution in [0.2, 0.25) is 18.1 Å². The number of rotatable bonds is 7. The van der Waals surface area contributed by atoms with E-state index < -0.39 is 8.24 Å². The third kappa shape index (κ3) is 3.10. The summed E-state index contributed by atoms with van der Waals surface area (Å²) in [5.74, 6) is 0. The standard InChI is InChI=1S/C11H27NSi/c1-6-11-12(7-2)13(8-3,9-4)10-5/h6-11H2,1-5H3. The Morgan fingerprint density at radius 3 is 1.54 bits per heavy atom. The van der Waals surface area contributed by atoms with E-state index >= 15 is 0 Å². The van der Waals surface area contributed by atoms with Gasteiger partial charge in [-0.15, -0.1) is 0 Å². The predicted molar refractivity (Wildman–Crippen MR) is 64.7 cm³/mol. The highest BCUT2D eigenvalue weighted by molar-refractivity contribution is 6.77.